The molecular weight excluding hydrogens is 246 g/mol. The molecule has 0 unspecified atom stereocenters. The maximum Gasteiger partial charge on any atom is 0.269 e. The van der Waals surface area contributed by atoms with Gasteiger partial charge in [-0.15, -0.1) is 0 Å². The van der Waals surface area contributed by atoms with Crippen LogP contribution in [0.4, 0.5) is 5.69 Å². The Morgan fingerprint density at radius 3 is 2.89 bits per heavy atom. The summed E-state index contributed by atoms with van der Waals surface area (Å²) in [6, 6.07) is 4.69. The van der Waals surface area contributed by atoms with E-state index in [4.69, 9.17) is 4.42 Å². The number of non-ortho nitro benzene ring substituents is 1. The lowest BCUT2D eigenvalue weighted by atomic mass is 10.1. The third-order valence-corrected chi connectivity index (χ3v) is 2.83. The molecule has 0 spiro atoms. The Hall–Kier alpha value is -2.21. The van der Waals surface area contributed by atoms with Gasteiger partial charge in [-0.3, -0.25) is 10.1 Å². The highest BCUT2D eigenvalue weighted by Gasteiger charge is 2.12. The SMILES string of the molecule is CNCCc1ncc(-c2ccc([N+](=O)[O-])cc2C)o1. The van der Waals surface area contributed by atoms with E-state index in [-0.39, 0.29) is 5.69 Å². The van der Waals surface area contributed by atoms with Crippen molar-refractivity contribution < 1.29 is 9.34 Å². The van der Waals surface area contributed by atoms with Crippen LogP contribution in [0, 0.1) is 17.0 Å². The van der Waals surface area contributed by atoms with Gasteiger partial charge in [-0.05, 0) is 25.6 Å². The third kappa shape index (κ3) is 2.97. The fourth-order valence-electron chi connectivity index (χ4n) is 1.82. The molecule has 0 aliphatic heterocycles. The lowest BCUT2D eigenvalue weighted by Crippen LogP contribution is -2.10. The van der Waals surface area contributed by atoms with E-state index >= 15 is 0 Å². The van der Waals surface area contributed by atoms with Gasteiger partial charge < -0.3 is 9.73 Å². The molecule has 0 aliphatic rings. The largest absolute Gasteiger partial charge is 0.441 e. The van der Waals surface area contributed by atoms with E-state index in [2.05, 4.69) is 10.3 Å². The number of aryl methyl sites for hydroxylation is 1. The molecule has 6 heteroatoms. The third-order valence-electron chi connectivity index (χ3n) is 2.83. The quantitative estimate of drug-likeness (QED) is 0.659. The number of likely N-dealkylation sites (N-methyl/N-ethyl adjacent to an activating group) is 1. The summed E-state index contributed by atoms with van der Waals surface area (Å²) in [6.07, 6.45) is 2.36. The fourth-order valence-corrected chi connectivity index (χ4v) is 1.82. The monoisotopic (exact) mass is 261 g/mol. The van der Waals surface area contributed by atoms with Crippen LogP contribution < -0.4 is 5.32 Å². The summed E-state index contributed by atoms with van der Waals surface area (Å²) >= 11 is 0. The second-order valence-corrected chi connectivity index (χ2v) is 4.23. The summed E-state index contributed by atoms with van der Waals surface area (Å²) in [4.78, 5) is 14.5. The van der Waals surface area contributed by atoms with Gasteiger partial charge in [0.1, 0.15) is 0 Å². The van der Waals surface area contributed by atoms with E-state index in [0.717, 1.165) is 17.7 Å². The van der Waals surface area contributed by atoms with Crippen molar-refractivity contribution in [3.05, 3.63) is 46.0 Å². The second-order valence-electron chi connectivity index (χ2n) is 4.23. The van der Waals surface area contributed by atoms with Crippen molar-refractivity contribution in [2.24, 2.45) is 0 Å². The zero-order chi connectivity index (χ0) is 13.8. The highest BCUT2D eigenvalue weighted by atomic mass is 16.6. The maximum atomic E-state index is 10.7. The zero-order valence-electron chi connectivity index (χ0n) is 10.8. The van der Waals surface area contributed by atoms with Crippen molar-refractivity contribution in [1.82, 2.24) is 10.3 Å². The second kappa shape index (κ2) is 5.62. The van der Waals surface area contributed by atoms with E-state index in [0.29, 0.717) is 18.1 Å². The molecule has 0 aliphatic carbocycles. The van der Waals surface area contributed by atoms with Gasteiger partial charge >= 0.3 is 0 Å². The molecule has 6 nitrogen and oxygen atoms in total. The van der Waals surface area contributed by atoms with Gasteiger partial charge in [0, 0.05) is 30.7 Å². The predicted molar refractivity (Wildman–Crippen MR) is 71.0 cm³/mol. The molecule has 0 amide bonds. The number of oxazole rings is 1. The fraction of sp³-hybridized carbons (Fsp3) is 0.308. The number of hydrogen-bond acceptors (Lipinski definition) is 5. The Bertz CT molecular complexity index is 593. The van der Waals surface area contributed by atoms with Crippen molar-refractivity contribution >= 4 is 5.69 Å². The number of nitro groups is 1. The molecule has 2 aromatic rings. The minimum Gasteiger partial charge on any atom is -0.441 e. The van der Waals surface area contributed by atoms with Crippen molar-refractivity contribution in [3.8, 4) is 11.3 Å². The summed E-state index contributed by atoms with van der Waals surface area (Å²) in [6.45, 7) is 2.61. The minimum absolute atomic E-state index is 0.0798. The first-order valence-corrected chi connectivity index (χ1v) is 5.96. The van der Waals surface area contributed by atoms with Gasteiger partial charge in [-0.2, -0.15) is 0 Å². The van der Waals surface area contributed by atoms with Gasteiger partial charge in [0.15, 0.2) is 11.7 Å². The number of nitrogens with one attached hydrogen (secondary N) is 1. The van der Waals surface area contributed by atoms with Crippen LogP contribution in [0.15, 0.2) is 28.8 Å². The predicted octanol–water partition coefficient (Wildman–Crippen LogP) is 2.32. The average molecular weight is 261 g/mol. The molecular formula is C13H15N3O3. The summed E-state index contributed by atoms with van der Waals surface area (Å²) < 4.78 is 5.63. The first-order chi connectivity index (χ1) is 9.11. The summed E-state index contributed by atoms with van der Waals surface area (Å²) in [7, 11) is 1.87. The Kier molecular flexibility index (Phi) is 3.91. The molecule has 0 atom stereocenters. The summed E-state index contributed by atoms with van der Waals surface area (Å²) in [5.41, 5.74) is 1.70. The highest BCUT2D eigenvalue weighted by molar-refractivity contribution is 5.63. The zero-order valence-corrected chi connectivity index (χ0v) is 10.8. The Morgan fingerprint density at radius 2 is 2.26 bits per heavy atom. The van der Waals surface area contributed by atoms with Gasteiger partial charge in [0.05, 0.1) is 11.1 Å². The number of nitrogens with zero attached hydrogens (tertiary/aromatic N) is 2. The molecule has 2 rings (SSSR count). The van der Waals surface area contributed by atoms with Crippen LogP contribution >= 0.6 is 0 Å². The molecule has 1 N–H and O–H groups in total. The van der Waals surface area contributed by atoms with Crippen molar-refractivity contribution in [2.75, 3.05) is 13.6 Å². The van der Waals surface area contributed by atoms with Crippen molar-refractivity contribution in [2.45, 2.75) is 13.3 Å². The molecule has 0 radical (unpaired) electrons. The van der Waals surface area contributed by atoms with E-state index in [1.54, 1.807) is 12.3 Å². The first-order valence-electron chi connectivity index (χ1n) is 5.96. The Balaban J connectivity index is 2.26. The standard InChI is InChI=1S/C13H15N3O3/c1-9-7-10(16(17)18)3-4-11(9)12-8-15-13(19-12)5-6-14-2/h3-4,7-8,14H,5-6H2,1-2H3. The van der Waals surface area contributed by atoms with E-state index in [1.165, 1.54) is 12.1 Å². The van der Waals surface area contributed by atoms with Gasteiger partial charge in [-0.1, -0.05) is 0 Å². The van der Waals surface area contributed by atoms with Crippen LogP contribution in [-0.2, 0) is 6.42 Å². The van der Waals surface area contributed by atoms with Crippen LogP contribution in [0.1, 0.15) is 11.5 Å². The summed E-state index contributed by atoms with van der Waals surface area (Å²) in [5, 5.41) is 13.7. The van der Waals surface area contributed by atoms with Crippen LogP contribution in [0.3, 0.4) is 0 Å². The van der Waals surface area contributed by atoms with Gasteiger partial charge in [0.25, 0.3) is 5.69 Å². The lowest BCUT2D eigenvalue weighted by molar-refractivity contribution is -0.384. The highest BCUT2D eigenvalue weighted by Crippen LogP contribution is 2.27. The molecule has 100 valence electrons. The molecule has 1 aromatic heterocycles. The molecule has 1 aromatic carbocycles. The number of hydrogen-bond donors (Lipinski definition) is 1. The number of rotatable bonds is 5. The number of aromatic nitrogens is 1. The smallest absolute Gasteiger partial charge is 0.269 e. The van der Waals surface area contributed by atoms with Crippen LogP contribution in [0.25, 0.3) is 11.3 Å². The first kappa shape index (κ1) is 13.2. The Morgan fingerprint density at radius 1 is 1.47 bits per heavy atom. The van der Waals surface area contributed by atoms with Crippen LogP contribution in [0.2, 0.25) is 0 Å². The summed E-state index contributed by atoms with van der Waals surface area (Å²) in [5.74, 6) is 1.29. The lowest BCUT2D eigenvalue weighted by Gasteiger charge is -2.01. The van der Waals surface area contributed by atoms with Crippen molar-refractivity contribution in [3.63, 3.8) is 0 Å². The van der Waals surface area contributed by atoms with E-state index in [1.807, 2.05) is 14.0 Å². The number of benzene rings is 1. The van der Waals surface area contributed by atoms with Crippen molar-refractivity contribution in [1.29, 1.82) is 0 Å². The van der Waals surface area contributed by atoms with Gasteiger partial charge in [-0.25, -0.2) is 4.98 Å². The van der Waals surface area contributed by atoms with E-state index < -0.39 is 4.92 Å². The molecule has 0 fully saturated rings. The Labute approximate surface area is 110 Å². The number of nitro benzene ring substituents is 1. The van der Waals surface area contributed by atoms with Gasteiger partial charge in [0.2, 0.25) is 0 Å². The molecule has 0 saturated carbocycles. The molecule has 0 saturated heterocycles. The normalized spacial score (nSPS) is 10.6. The maximum absolute atomic E-state index is 10.7. The molecule has 1 heterocycles. The van der Waals surface area contributed by atoms with Crippen LogP contribution in [-0.4, -0.2) is 23.5 Å². The average Bonchev–Trinajstić information content (AvgIpc) is 2.84. The van der Waals surface area contributed by atoms with Crippen LogP contribution in [0.5, 0.6) is 0 Å². The van der Waals surface area contributed by atoms with E-state index in [9.17, 15) is 10.1 Å². The molecule has 0 bridgehead atoms. The molecule has 19 heavy (non-hydrogen) atoms. The topological polar surface area (TPSA) is 81.2 Å². The minimum atomic E-state index is -0.407.